The average Bonchev–Trinajstić information content (AvgIpc) is 3.10. The Hall–Kier alpha value is -1.59. The van der Waals surface area contributed by atoms with Crippen LogP contribution in [0.1, 0.15) is 219 Å². The zero-order valence-corrected chi connectivity index (χ0v) is 34.2. The van der Waals surface area contributed by atoms with Crippen LogP contribution < -0.4 is 14.7 Å². The Balaban J connectivity index is 2.14. The largest absolute Gasteiger partial charge is 0.347 e. The molecule has 0 aliphatic rings. The molecule has 0 spiro atoms. The van der Waals surface area contributed by atoms with Crippen molar-refractivity contribution in [1.82, 2.24) is 15.0 Å². The summed E-state index contributed by atoms with van der Waals surface area (Å²) in [6.45, 7) is 6.60. The molecule has 49 heavy (non-hydrogen) atoms. The molecule has 0 atom stereocenters. The number of anilines is 3. The van der Waals surface area contributed by atoms with Crippen molar-refractivity contribution in [1.29, 1.82) is 0 Å². The Labute approximate surface area is 307 Å². The highest BCUT2D eigenvalue weighted by molar-refractivity contribution is 5.45. The van der Waals surface area contributed by atoms with Crippen LogP contribution in [0.4, 0.5) is 17.8 Å². The fourth-order valence-electron chi connectivity index (χ4n) is 6.88. The highest BCUT2D eigenvalue weighted by Gasteiger charge is 2.14. The maximum Gasteiger partial charge on any atom is 0.231 e. The summed E-state index contributed by atoms with van der Waals surface area (Å²) in [7, 11) is 8.32. The van der Waals surface area contributed by atoms with Crippen molar-refractivity contribution in [3.63, 3.8) is 0 Å². The molecule has 1 aromatic rings. The van der Waals surface area contributed by atoms with Crippen LogP contribution in [-0.4, -0.2) is 56.2 Å². The van der Waals surface area contributed by atoms with Crippen molar-refractivity contribution >= 4 is 17.8 Å². The second kappa shape index (κ2) is 33.5. The van der Waals surface area contributed by atoms with Gasteiger partial charge in [0.2, 0.25) is 17.8 Å². The number of hydrogen-bond donors (Lipinski definition) is 0. The van der Waals surface area contributed by atoms with E-state index in [1.54, 1.807) is 0 Å². The molecule has 288 valence electrons. The average molecular weight is 687 g/mol. The van der Waals surface area contributed by atoms with Gasteiger partial charge >= 0.3 is 0 Å². The van der Waals surface area contributed by atoms with Gasteiger partial charge < -0.3 is 14.7 Å². The normalized spacial score (nSPS) is 11.4. The fourth-order valence-corrected chi connectivity index (χ4v) is 6.88. The van der Waals surface area contributed by atoms with Gasteiger partial charge in [0.15, 0.2) is 0 Å². The van der Waals surface area contributed by atoms with E-state index in [2.05, 4.69) is 37.7 Å². The Bertz CT molecular complexity index is 770. The monoisotopic (exact) mass is 687 g/mol. The van der Waals surface area contributed by atoms with Crippen LogP contribution in [0, 0.1) is 0 Å². The van der Waals surface area contributed by atoms with Gasteiger partial charge in [-0.3, -0.25) is 0 Å². The van der Waals surface area contributed by atoms with E-state index in [-0.39, 0.29) is 0 Å². The molecule has 0 saturated heterocycles. The topological polar surface area (TPSA) is 48.4 Å². The van der Waals surface area contributed by atoms with Gasteiger partial charge in [-0.1, -0.05) is 206 Å². The van der Waals surface area contributed by atoms with E-state index in [4.69, 9.17) is 15.0 Å². The van der Waals surface area contributed by atoms with Gasteiger partial charge in [0.25, 0.3) is 0 Å². The summed E-state index contributed by atoms with van der Waals surface area (Å²) < 4.78 is 0. The minimum absolute atomic E-state index is 0.748. The first-order valence-electron chi connectivity index (χ1n) is 21.8. The molecule has 0 aliphatic heterocycles. The molecule has 0 aliphatic carbocycles. The first-order chi connectivity index (χ1) is 24.0. The fraction of sp³-hybridized carbons (Fsp3) is 0.930. The first kappa shape index (κ1) is 45.4. The molecule has 1 rings (SSSR count). The summed E-state index contributed by atoms with van der Waals surface area (Å²) in [6, 6.07) is 0. The standard InChI is InChI=1S/C43H86N6/c1-7-9-11-13-15-17-19-21-23-25-27-29-31-33-35-37-39-48(5)42-44-41(47(3)4)45-43(46-42)49(6)40-38-36-34-32-30-28-26-24-22-20-18-16-14-12-10-8-2/h7-40H2,1-6H3. The molecule has 0 radical (unpaired) electrons. The highest BCUT2D eigenvalue weighted by Crippen LogP contribution is 2.19. The van der Waals surface area contributed by atoms with E-state index in [1.165, 1.54) is 205 Å². The quantitative estimate of drug-likeness (QED) is 0.0649. The second-order valence-electron chi connectivity index (χ2n) is 15.6. The van der Waals surface area contributed by atoms with Gasteiger partial charge in [0.1, 0.15) is 0 Å². The van der Waals surface area contributed by atoms with Crippen LogP contribution in [0.2, 0.25) is 0 Å². The predicted molar refractivity (Wildman–Crippen MR) is 220 cm³/mol. The van der Waals surface area contributed by atoms with Gasteiger partial charge in [-0.15, -0.1) is 0 Å². The molecule has 0 fully saturated rings. The van der Waals surface area contributed by atoms with Crippen molar-refractivity contribution in [2.75, 3.05) is 56.0 Å². The van der Waals surface area contributed by atoms with Crippen LogP contribution in [0.3, 0.4) is 0 Å². The lowest BCUT2D eigenvalue weighted by molar-refractivity contribution is 0.529. The van der Waals surface area contributed by atoms with Gasteiger partial charge in [-0.2, -0.15) is 15.0 Å². The van der Waals surface area contributed by atoms with Crippen molar-refractivity contribution < 1.29 is 0 Å². The molecule has 0 bridgehead atoms. The Morgan fingerprint density at radius 1 is 0.286 bits per heavy atom. The predicted octanol–water partition coefficient (Wildman–Crippen LogP) is 13.3. The lowest BCUT2D eigenvalue weighted by atomic mass is 10.0. The molecule has 1 aromatic heterocycles. The second-order valence-corrected chi connectivity index (χ2v) is 15.6. The Morgan fingerprint density at radius 3 is 0.714 bits per heavy atom. The maximum atomic E-state index is 4.90. The molecule has 6 heteroatoms. The van der Waals surface area contributed by atoms with Crippen molar-refractivity contribution in [2.45, 2.75) is 219 Å². The number of nitrogens with zero attached hydrogens (tertiary/aromatic N) is 6. The minimum atomic E-state index is 0.748. The highest BCUT2D eigenvalue weighted by atomic mass is 15.4. The van der Waals surface area contributed by atoms with Gasteiger partial charge in [-0.25, -0.2) is 0 Å². The summed E-state index contributed by atoms with van der Waals surface area (Å²) in [5.74, 6) is 2.35. The number of rotatable bonds is 37. The van der Waals surface area contributed by atoms with E-state index in [9.17, 15) is 0 Å². The van der Waals surface area contributed by atoms with Crippen molar-refractivity contribution in [3.8, 4) is 0 Å². The van der Waals surface area contributed by atoms with E-state index in [0.29, 0.717) is 0 Å². The lowest BCUT2D eigenvalue weighted by Crippen LogP contribution is -2.27. The summed E-state index contributed by atoms with van der Waals surface area (Å²) in [5.41, 5.74) is 0. The molecule has 1 heterocycles. The van der Waals surface area contributed by atoms with Crippen molar-refractivity contribution in [3.05, 3.63) is 0 Å². The first-order valence-corrected chi connectivity index (χ1v) is 21.8. The molecule has 0 aromatic carbocycles. The molecule has 0 N–H and O–H groups in total. The van der Waals surface area contributed by atoms with Crippen molar-refractivity contribution in [2.24, 2.45) is 0 Å². The van der Waals surface area contributed by atoms with Crippen LogP contribution >= 0.6 is 0 Å². The summed E-state index contributed by atoms with van der Waals surface area (Å²) in [6.07, 6.45) is 44.8. The smallest absolute Gasteiger partial charge is 0.231 e. The minimum Gasteiger partial charge on any atom is -0.347 e. The van der Waals surface area contributed by atoms with Crippen LogP contribution in [-0.2, 0) is 0 Å². The van der Waals surface area contributed by atoms with Gasteiger partial charge in [0, 0.05) is 41.3 Å². The number of unbranched alkanes of at least 4 members (excludes halogenated alkanes) is 30. The Morgan fingerprint density at radius 2 is 0.490 bits per heavy atom. The number of aromatic nitrogens is 3. The van der Waals surface area contributed by atoms with Crippen LogP contribution in [0.5, 0.6) is 0 Å². The maximum absolute atomic E-state index is 4.90. The third kappa shape index (κ3) is 26.8. The molecule has 0 amide bonds. The van der Waals surface area contributed by atoms with E-state index in [1.807, 2.05) is 19.0 Å². The van der Waals surface area contributed by atoms with Crippen LogP contribution in [0.15, 0.2) is 0 Å². The zero-order valence-electron chi connectivity index (χ0n) is 34.2. The molecule has 0 saturated carbocycles. The molecule has 0 unspecified atom stereocenters. The Kier molecular flexibility index (Phi) is 31.1. The summed E-state index contributed by atoms with van der Waals surface area (Å²) in [4.78, 5) is 20.9. The zero-order chi connectivity index (χ0) is 35.6. The van der Waals surface area contributed by atoms with Gasteiger partial charge in [0.05, 0.1) is 0 Å². The lowest BCUT2D eigenvalue weighted by Gasteiger charge is -2.23. The van der Waals surface area contributed by atoms with E-state index >= 15 is 0 Å². The summed E-state index contributed by atoms with van der Waals surface area (Å²) in [5, 5.41) is 0. The third-order valence-corrected chi connectivity index (χ3v) is 10.4. The van der Waals surface area contributed by atoms with Crippen LogP contribution in [0.25, 0.3) is 0 Å². The van der Waals surface area contributed by atoms with E-state index < -0.39 is 0 Å². The number of hydrogen-bond acceptors (Lipinski definition) is 6. The molecular weight excluding hydrogens is 601 g/mol. The molecule has 6 nitrogen and oxygen atoms in total. The summed E-state index contributed by atoms with van der Waals surface area (Å²) >= 11 is 0. The SMILES string of the molecule is CCCCCCCCCCCCCCCCCCN(C)c1nc(N(C)C)nc(N(C)CCCCCCCCCCCCCCCCCC)n1. The molecular formula is C43H86N6. The van der Waals surface area contributed by atoms with E-state index in [0.717, 1.165) is 30.9 Å². The third-order valence-electron chi connectivity index (χ3n) is 10.4. The van der Waals surface area contributed by atoms with Gasteiger partial charge in [-0.05, 0) is 12.8 Å².